The van der Waals surface area contributed by atoms with Crippen molar-refractivity contribution in [2.75, 3.05) is 0 Å². The first-order valence-corrected chi connectivity index (χ1v) is 11.8. The lowest BCUT2D eigenvalue weighted by Crippen LogP contribution is -2.54. The van der Waals surface area contributed by atoms with E-state index in [-0.39, 0.29) is 18.4 Å². The number of hydrogen-bond acceptors (Lipinski definition) is 2. The minimum absolute atomic E-state index is 0.0693. The lowest BCUT2D eigenvalue weighted by molar-refractivity contribution is -0.137. The fourth-order valence-electron chi connectivity index (χ4n) is 4.77. The summed E-state index contributed by atoms with van der Waals surface area (Å²) >= 11 is 0. The smallest absolute Gasteiger partial charge is 0.335 e. The van der Waals surface area contributed by atoms with Crippen LogP contribution < -0.4 is 10.6 Å². The number of rotatable bonds is 6. The highest BCUT2D eigenvalue weighted by Gasteiger charge is 2.41. The van der Waals surface area contributed by atoms with Crippen molar-refractivity contribution in [3.8, 4) is 0 Å². The molecule has 0 saturated heterocycles. The average molecular weight is 470 g/mol. The Bertz CT molecular complexity index is 1060. The molecule has 4 rings (SSSR count). The zero-order chi connectivity index (χ0) is 24.2. The van der Waals surface area contributed by atoms with Gasteiger partial charge in [0.05, 0.1) is 11.3 Å². The van der Waals surface area contributed by atoms with Crippen LogP contribution in [0.1, 0.15) is 55.7 Å². The van der Waals surface area contributed by atoms with E-state index in [1.54, 1.807) is 12.3 Å². The molecule has 1 fully saturated rings. The third-order valence-electron chi connectivity index (χ3n) is 6.60. The molecular weight excluding hydrogens is 439 g/mol. The average Bonchev–Trinajstić information content (AvgIpc) is 3.32. The van der Waals surface area contributed by atoms with Crippen LogP contribution in [0.3, 0.4) is 0 Å². The van der Waals surface area contributed by atoms with E-state index in [4.69, 9.17) is 0 Å². The van der Waals surface area contributed by atoms with Crippen molar-refractivity contribution in [1.29, 1.82) is 0 Å². The van der Waals surface area contributed by atoms with Crippen molar-refractivity contribution in [3.63, 3.8) is 0 Å². The fraction of sp³-hybridized carbons (Fsp3) is 0.407. The van der Waals surface area contributed by atoms with Crippen LogP contribution in [0.4, 0.5) is 18.0 Å². The third kappa shape index (κ3) is 5.51. The lowest BCUT2D eigenvalue weighted by Gasteiger charge is -2.38. The molecule has 0 aromatic heterocycles. The van der Waals surface area contributed by atoms with E-state index >= 15 is 0 Å². The first-order valence-electron chi connectivity index (χ1n) is 11.8. The third-order valence-corrected chi connectivity index (χ3v) is 6.60. The van der Waals surface area contributed by atoms with Crippen LogP contribution in [0.25, 0.3) is 0 Å². The Kier molecular flexibility index (Phi) is 7.10. The molecule has 2 unspecified atom stereocenters. The van der Waals surface area contributed by atoms with Crippen molar-refractivity contribution in [2.24, 2.45) is 10.9 Å². The van der Waals surface area contributed by atoms with E-state index in [0.717, 1.165) is 43.4 Å². The molecule has 1 aliphatic carbocycles. The van der Waals surface area contributed by atoms with Gasteiger partial charge in [0.15, 0.2) is 0 Å². The Hall–Kier alpha value is -3.09. The number of halogens is 3. The maximum atomic E-state index is 13.7. The van der Waals surface area contributed by atoms with E-state index in [0.29, 0.717) is 17.7 Å². The van der Waals surface area contributed by atoms with Gasteiger partial charge in [0.2, 0.25) is 0 Å². The van der Waals surface area contributed by atoms with E-state index in [1.807, 2.05) is 43.3 Å². The van der Waals surface area contributed by atoms with Crippen molar-refractivity contribution in [2.45, 2.75) is 63.2 Å². The quantitative estimate of drug-likeness (QED) is 0.507. The van der Waals surface area contributed by atoms with E-state index in [2.05, 4.69) is 15.6 Å². The van der Waals surface area contributed by atoms with Gasteiger partial charge >= 0.3 is 12.2 Å². The second-order valence-corrected chi connectivity index (χ2v) is 9.31. The van der Waals surface area contributed by atoms with Crippen LogP contribution in [0, 0.1) is 5.92 Å². The first kappa shape index (κ1) is 24.0. The Balaban J connectivity index is 1.82. The van der Waals surface area contributed by atoms with E-state index in [1.165, 1.54) is 6.07 Å². The van der Waals surface area contributed by atoms with Gasteiger partial charge in [-0.1, -0.05) is 68.3 Å². The molecule has 2 atom stereocenters. The summed E-state index contributed by atoms with van der Waals surface area (Å²) in [5, 5.41) is 6.12. The van der Waals surface area contributed by atoms with Gasteiger partial charge in [0, 0.05) is 18.7 Å². The zero-order valence-electron chi connectivity index (χ0n) is 19.2. The number of amides is 2. The first-order chi connectivity index (χ1) is 16.3. The number of carbonyl (C=O) groups is 1. The van der Waals surface area contributed by atoms with E-state index in [9.17, 15) is 18.0 Å². The van der Waals surface area contributed by atoms with Crippen molar-refractivity contribution in [3.05, 3.63) is 83.1 Å². The maximum Gasteiger partial charge on any atom is 0.416 e. The normalized spacial score (nSPS) is 20.5. The molecule has 2 amide bonds. The highest BCUT2D eigenvalue weighted by Crippen LogP contribution is 2.39. The number of alkyl halides is 3. The molecule has 1 aliphatic heterocycles. The molecule has 2 aliphatic rings. The molecule has 0 bridgehead atoms. The monoisotopic (exact) mass is 469 g/mol. The summed E-state index contributed by atoms with van der Waals surface area (Å²) in [5.74, 6) is 0.215. The molecule has 1 saturated carbocycles. The van der Waals surface area contributed by atoms with E-state index < -0.39 is 23.3 Å². The van der Waals surface area contributed by atoms with Gasteiger partial charge in [-0.05, 0) is 48.4 Å². The van der Waals surface area contributed by atoms with Crippen LogP contribution in [-0.4, -0.2) is 18.3 Å². The molecule has 0 spiro atoms. The molecule has 2 N–H and O–H groups in total. The molecule has 180 valence electrons. The SMILES string of the molecule is CC1C=NC(C(Cc2ccccc2)(NC(=O)NC2CCCC2)c2cccc(C(F)(F)F)c2)=CC1. The second kappa shape index (κ2) is 10.0. The summed E-state index contributed by atoms with van der Waals surface area (Å²) in [6, 6.07) is 14.4. The topological polar surface area (TPSA) is 53.5 Å². The number of hydrogen-bond donors (Lipinski definition) is 2. The molecule has 4 nitrogen and oxygen atoms in total. The number of aliphatic imine (C=N–C) groups is 1. The van der Waals surface area contributed by atoms with Crippen LogP contribution in [0.15, 0.2) is 71.4 Å². The van der Waals surface area contributed by atoms with Gasteiger partial charge in [-0.25, -0.2) is 4.79 Å². The maximum absolute atomic E-state index is 13.7. The summed E-state index contributed by atoms with van der Waals surface area (Å²) in [6.07, 6.45) is 4.12. The van der Waals surface area contributed by atoms with Crippen molar-refractivity contribution in [1.82, 2.24) is 10.6 Å². The van der Waals surface area contributed by atoms with Crippen LogP contribution in [0.5, 0.6) is 0 Å². The lowest BCUT2D eigenvalue weighted by atomic mass is 9.79. The molecule has 2 aromatic carbocycles. The molecular formula is C27H30F3N3O. The summed E-state index contributed by atoms with van der Waals surface area (Å²) in [6.45, 7) is 2.03. The Morgan fingerprint density at radius 2 is 1.74 bits per heavy atom. The number of benzene rings is 2. The number of carbonyl (C=O) groups excluding carboxylic acids is 1. The molecule has 1 heterocycles. The van der Waals surface area contributed by atoms with Gasteiger partial charge in [-0.3, -0.25) is 4.99 Å². The Morgan fingerprint density at radius 1 is 1.03 bits per heavy atom. The van der Waals surface area contributed by atoms with Gasteiger partial charge in [-0.2, -0.15) is 13.2 Å². The van der Waals surface area contributed by atoms with Crippen LogP contribution >= 0.6 is 0 Å². The highest BCUT2D eigenvalue weighted by molar-refractivity contribution is 5.77. The van der Waals surface area contributed by atoms with Gasteiger partial charge in [0.25, 0.3) is 0 Å². The minimum Gasteiger partial charge on any atom is -0.335 e. The highest BCUT2D eigenvalue weighted by atomic mass is 19.4. The number of nitrogens with zero attached hydrogens (tertiary/aromatic N) is 1. The minimum atomic E-state index is -4.50. The fourth-order valence-corrected chi connectivity index (χ4v) is 4.77. The van der Waals surface area contributed by atoms with Crippen LogP contribution in [-0.2, 0) is 18.1 Å². The summed E-state index contributed by atoms with van der Waals surface area (Å²) in [7, 11) is 0. The van der Waals surface area contributed by atoms with Gasteiger partial charge in [0.1, 0.15) is 5.54 Å². The largest absolute Gasteiger partial charge is 0.416 e. The predicted octanol–water partition coefficient (Wildman–Crippen LogP) is 6.38. The molecule has 34 heavy (non-hydrogen) atoms. The molecule has 2 aromatic rings. The van der Waals surface area contributed by atoms with Gasteiger partial charge in [-0.15, -0.1) is 0 Å². The summed E-state index contributed by atoms with van der Waals surface area (Å²) in [5.41, 5.74) is -0.229. The number of urea groups is 1. The van der Waals surface area contributed by atoms with Crippen LogP contribution in [0.2, 0.25) is 0 Å². The summed E-state index contributed by atoms with van der Waals surface area (Å²) in [4.78, 5) is 17.9. The second-order valence-electron chi connectivity index (χ2n) is 9.31. The zero-order valence-corrected chi connectivity index (χ0v) is 19.2. The predicted molar refractivity (Wildman–Crippen MR) is 128 cm³/mol. The Morgan fingerprint density at radius 3 is 2.38 bits per heavy atom. The standard InChI is InChI=1S/C27H30F3N3O/c1-19-14-15-24(31-18-19)26(17-20-8-3-2-4-9-20,33-25(34)32-23-12-5-6-13-23)21-10-7-11-22(16-21)27(28,29)30/h2-4,7-11,15-16,18-19,23H,5-6,12-14,17H2,1H3,(H2,32,33,34). The van der Waals surface area contributed by atoms with Gasteiger partial charge < -0.3 is 10.6 Å². The number of nitrogens with one attached hydrogen (secondary N) is 2. The number of allylic oxidation sites excluding steroid dienone is 1. The van der Waals surface area contributed by atoms with Crippen molar-refractivity contribution < 1.29 is 18.0 Å². The molecule has 7 heteroatoms. The Labute approximate surface area is 198 Å². The van der Waals surface area contributed by atoms with Crippen molar-refractivity contribution >= 4 is 12.2 Å². The summed E-state index contributed by atoms with van der Waals surface area (Å²) < 4.78 is 41.0. The molecule has 0 radical (unpaired) electrons.